The fourth-order valence-corrected chi connectivity index (χ4v) is 5.95. The van der Waals surface area contributed by atoms with Crippen LogP contribution < -0.4 is 5.32 Å². The van der Waals surface area contributed by atoms with Gasteiger partial charge in [-0.1, -0.05) is 30.3 Å². The number of nitrogens with one attached hydrogen (secondary N) is 2. The third kappa shape index (κ3) is 3.94. The molecular formula is C29H32N6O2. The Kier molecular flexibility index (Phi) is 5.22. The smallest absolute Gasteiger partial charge is 0.244 e. The van der Waals surface area contributed by atoms with Crippen molar-refractivity contribution in [3.8, 4) is 11.1 Å². The zero-order valence-corrected chi connectivity index (χ0v) is 20.9. The molecule has 7 rings (SSSR count). The van der Waals surface area contributed by atoms with Gasteiger partial charge in [0.2, 0.25) is 11.8 Å². The van der Waals surface area contributed by atoms with Gasteiger partial charge in [0.05, 0.1) is 11.7 Å². The third-order valence-electron chi connectivity index (χ3n) is 8.48. The lowest BCUT2D eigenvalue weighted by atomic mass is 9.97. The first kappa shape index (κ1) is 22.7. The number of carbonyl (C=O) groups is 2. The molecule has 8 nitrogen and oxygen atoms in total. The van der Waals surface area contributed by atoms with Crippen molar-refractivity contribution >= 4 is 28.9 Å². The van der Waals surface area contributed by atoms with Crippen LogP contribution in [-0.2, 0) is 16.1 Å². The van der Waals surface area contributed by atoms with E-state index in [0.29, 0.717) is 31.3 Å². The maximum absolute atomic E-state index is 13.3. The van der Waals surface area contributed by atoms with Gasteiger partial charge in [-0.25, -0.2) is 0 Å². The molecule has 1 spiro atoms. The summed E-state index contributed by atoms with van der Waals surface area (Å²) in [6, 6.07) is 14.9. The number of aromatic nitrogens is 2. The van der Waals surface area contributed by atoms with E-state index in [1.807, 2.05) is 20.7 Å². The van der Waals surface area contributed by atoms with Crippen LogP contribution in [0.5, 0.6) is 0 Å². The van der Waals surface area contributed by atoms with E-state index >= 15 is 0 Å². The lowest BCUT2D eigenvalue weighted by Crippen LogP contribution is -2.55. The van der Waals surface area contributed by atoms with Gasteiger partial charge in [0, 0.05) is 49.8 Å². The van der Waals surface area contributed by atoms with Crippen molar-refractivity contribution in [1.29, 1.82) is 5.41 Å². The molecule has 2 aliphatic heterocycles. The van der Waals surface area contributed by atoms with E-state index in [-0.39, 0.29) is 23.5 Å². The van der Waals surface area contributed by atoms with Gasteiger partial charge in [-0.2, -0.15) is 5.10 Å². The van der Waals surface area contributed by atoms with Crippen molar-refractivity contribution in [2.45, 2.75) is 50.4 Å². The highest BCUT2D eigenvalue weighted by molar-refractivity contribution is 5.92. The van der Waals surface area contributed by atoms with Crippen LogP contribution >= 0.6 is 0 Å². The Bertz CT molecular complexity index is 1380. The second-order valence-corrected chi connectivity index (χ2v) is 11.2. The topological polar surface area (TPSA) is 94.3 Å². The summed E-state index contributed by atoms with van der Waals surface area (Å²) in [5.74, 6) is 1.15. The number of amides is 2. The SMILES string of the molecule is N=CCCn1ncc2cc(-c3ccc(C4NC5(CC5)C(=O)N4CC4CN(C(=O)C5CC5)C4)cc3)ccc21. The summed E-state index contributed by atoms with van der Waals surface area (Å²) in [4.78, 5) is 29.6. The molecule has 2 saturated carbocycles. The molecule has 1 atom stereocenters. The molecule has 4 fully saturated rings. The number of hydrogen-bond donors (Lipinski definition) is 2. The van der Waals surface area contributed by atoms with Crippen LogP contribution in [0.2, 0.25) is 0 Å². The molecule has 2 amide bonds. The van der Waals surface area contributed by atoms with Gasteiger partial charge < -0.3 is 15.2 Å². The lowest BCUT2D eigenvalue weighted by molar-refractivity contribution is -0.140. The Balaban J connectivity index is 1.07. The highest BCUT2D eigenvalue weighted by atomic mass is 16.2. The van der Waals surface area contributed by atoms with E-state index in [1.54, 1.807) is 0 Å². The third-order valence-corrected chi connectivity index (χ3v) is 8.48. The van der Waals surface area contributed by atoms with Crippen LogP contribution in [0.4, 0.5) is 0 Å². The summed E-state index contributed by atoms with van der Waals surface area (Å²) in [5, 5.41) is 16.5. The number of nitrogens with zero attached hydrogens (tertiary/aromatic N) is 4. The molecule has 0 radical (unpaired) electrons. The van der Waals surface area contributed by atoms with Crippen LogP contribution in [-0.4, -0.2) is 62.8 Å². The van der Waals surface area contributed by atoms with E-state index in [1.165, 1.54) is 6.21 Å². The summed E-state index contributed by atoms with van der Waals surface area (Å²) in [7, 11) is 0. The molecule has 3 heterocycles. The van der Waals surface area contributed by atoms with Gasteiger partial charge >= 0.3 is 0 Å². The van der Waals surface area contributed by atoms with Crippen molar-refractivity contribution in [3.05, 3.63) is 54.2 Å². The summed E-state index contributed by atoms with van der Waals surface area (Å²) in [5.41, 5.74) is 4.07. The standard InChI is InChI=1S/C29H32N6O2/c30-12-1-13-35-25-9-8-23(14-24(25)15-31-35)20-2-4-21(5-3-20)26-32-29(10-11-29)28(37)34(26)18-19-16-33(17-19)27(36)22-6-7-22/h2-5,8-9,12,14-15,19,22,26,30,32H,1,6-7,10-11,13,16-18H2. The number of aryl methyl sites for hydroxylation is 1. The largest absolute Gasteiger partial charge is 0.342 e. The molecule has 2 aliphatic carbocycles. The summed E-state index contributed by atoms with van der Waals surface area (Å²) < 4.78 is 1.95. The van der Waals surface area contributed by atoms with Crippen LogP contribution in [0.25, 0.3) is 22.0 Å². The Labute approximate surface area is 216 Å². The van der Waals surface area contributed by atoms with E-state index in [4.69, 9.17) is 5.41 Å². The summed E-state index contributed by atoms with van der Waals surface area (Å²) >= 11 is 0. The molecule has 190 valence electrons. The Morgan fingerprint density at radius 1 is 1.11 bits per heavy atom. The van der Waals surface area contributed by atoms with Gasteiger partial charge in [0.25, 0.3) is 0 Å². The maximum Gasteiger partial charge on any atom is 0.244 e. The summed E-state index contributed by atoms with van der Waals surface area (Å²) in [6.45, 7) is 2.96. The number of rotatable bonds is 8. The Morgan fingerprint density at radius 3 is 2.57 bits per heavy atom. The van der Waals surface area contributed by atoms with E-state index in [9.17, 15) is 9.59 Å². The van der Waals surface area contributed by atoms with Crippen LogP contribution in [0.1, 0.15) is 43.8 Å². The molecule has 1 unspecified atom stereocenters. The van der Waals surface area contributed by atoms with Crippen molar-refractivity contribution < 1.29 is 9.59 Å². The van der Waals surface area contributed by atoms with Gasteiger partial charge in [0.15, 0.2) is 0 Å². The van der Waals surface area contributed by atoms with E-state index in [0.717, 1.165) is 66.4 Å². The fraction of sp³-hybridized carbons (Fsp3) is 0.448. The first-order valence-electron chi connectivity index (χ1n) is 13.5. The normalized spacial score (nSPS) is 22.6. The molecule has 2 aromatic carbocycles. The second-order valence-electron chi connectivity index (χ2n) is 11.2. The van der Waals surface area contributed by atoms with Crippen molar-refractivity contribution in [2.75, 3.05) is 19.6 Å². The minimum Gasteiger partial charge on any atom is -0.342 e. The average Bonchev–Trinajstić information content (AvgIpc) is 3.82. The number of likely N-dealkylation sites (tertiary alicyclic amines) is 1. The molecule has 0 bridgehead atoms. The molecule has 3 aromatic rings. The minimum atomic E-state index is -0.375. The molecular weight excluding hydrogens is 464 g/mol. The zero-order valence-electron chi connectivity index (χ0n) is 20.9. The molecule has 1 aromatic heterocycles. The predicted octanol–water partition coefficient (Wildman–Crippen LogP) is 3.57. The van der Waals surface area contributed by atoms with Crippen LogP contribution in [0.3, 0.4) is 0 Å². The van der Waals surface area contributed by atoms with Crippen molar-refractivity contribution in [1.82, 2.24) is 24.9 Å². The first-order chi connectivity index (χ1) is 18.0. The monoisotopic (exact) mass is 496 g/mol. The van der Waals surface area contributed by atoms with Gasteiger partial charge in [-0.15, -0.1) is 0 Å². The minimum absolute atomic E-state index is 0.119. The molecule has 37 heavy (non-hydrogen) atoms. The maximum atomic E-state index is 13.3. The highest BCUT2D eigenvalue weighted by Gasteiger charge is 2.59. The lowest BCUT2D eigenvalue weighted by Gasteiger charge is -2.42. The molecule has 8 heteroatoms. The van der Waals surface area contributed by atoms with Crippen molar-refractivity contribution in [2.24, 2.45) is 11.8 Å². The van der Waals surface area contributed by atoms with Crippen LogP contribution in [0.15, 0.2) is 48.7 Å². The highest BCUT2D eigenvalue weighted by Crippen LogP contribution is 2.46. The number of hydrogen-bond acceptors (Lipinski definition) is 5. The quantitative estimate of drug-likeness (QED) is 0.466. The zero-order chi connectivity index (χ0) is 25.1. The van der Waals surface area contributed by atoms with Gasteiger partial charge in [-0.05, 0) is 60.7 Å². The second kappa shape index (κ2) is 8.52. The predicted molar refractivity (Wildman–Crippen MR) is 141 cm³/mol. The number of carbonyl (C=O) groups excluding carboxylic acids is 2. The van der Waals surface area contributed by atoms with E-state index < -0.39 is 0 Å². The number of fused-ring (bicyclic) bond motifs is 1. The van der Waals surface area contributed by atoms with Gasteiger partial charge in [0.1, 0.15) is 11.7 Å². The summed E-state index contributed by atoms with van der Waals surface area (Å²) in [6.07, 6.45) is 7.75. The molecule has 2 N–H and O–H groups in total. The van der Waals surface area contributed by atoms with Crippen LogP contribution in [0, 0.1) is 17.2 Å². The van der Waals surface area contributed by atoms with Gasteiger partial charge in [-0.3, -0.25) is 19.6 Å². The Hall–Kier alpha value is -3.52. The van der Waals surface area contributed by atoms with E-state index in [2.05, 4.69) is 52.9 Å². The fourth-order valence-electron chi connectivity index (χ4n) is 5.95. The number of benzene rings is 2. The van der Waals surface area contributed by atoms with Crippen molar-refractivity contribution in [3.63, 3.8) is 0 Å². The molecule has 4 aliphatic rings. The Morgan fingerprint density at radius 2 is 1.86 bits per heavy atom. The molecule has 2 saturated heterocycles. The first-order valence-corrected chi connectivity index (χ1v) is 13.5. The average molecular weight is 497 g/mol.